The summed E-state index contributed by atoms with van der Waals surface area (Å²) in [6, 6.07) is 14.2. The lowest BCUT2D eigenvalue weighted by atomic mass is 9.95. The Bertz CT molecular complexity index is 1270. The topological polar surface area (TPSA) is 113 Å². The van der Waals surface area contributed by atoms with Gasteiger partial charge in [-0.2, -0.15) is 0 Å². The van der Waals surface area contributed by atoms with E-state index in [0.29, 0.717) is 36.2 Å². The molecule has 0 saturated heterocycles. The first-order valence-electron chi connectivity index (χ1n) is 10.8. The Morgan fingerprint density at radius 2 is 1.76 bits per heavy atom. The number of nitrogens with two attached hydrogens (primary N) is 1. The molecular formula is C25H23N3O5S. The standard InChI is InChI=1S/C25H23N3O5S/c1-33-16-8-6-14(7-9-16)11-27-13-20-19(21(25(31)32)22(26)34-20)10-15(27)12-28-23(29)17-4-2-3-5-18(17)24(28)30/h2-9,15H,10-13,26H2,1H3,(H,31,32). The van der Waals surface area contributed by atoms with Crippen LogP contribution in [0.25, 0.3) is 0 Å². The first-order valence-corrected chi connectivity index (χ1v) is 11.6. The van der Waals surface area contributed by atoms with Crippen LogP contribution in [0.4, 0.5) is 5.00 Å². The zero-order chi connectivity index (χ0) is 24.0. The molecule has 3 N–H and O–H groups in total. The highest BCUT2D eigenvalue weighted by Crippen LogP contribution is 2.38. The van der Waals surface area contributed by atoms with E-state index in [1.165, 1.54) is 16.2 Å². The average molecular weight is 478 g/mol. The largest absolute Gasteiger partial charge is 0.497 e. The maximum Gasteiger partial charge on any atom is 0.338 e. The van der Waals surface area contributed by atoms with Crippen LogP contribution in [0.2, 0.25) is 0 Å². The van der Waals surface area contributed by atoms with Crippen LogP contribution in [0.15, 0.2) is 48.5 Å². The van der Waals surface area contributed by atoms with Gasteiger partial charge in [-0.05, 0) is 41.8 Å². The number of rotatable bonds is 6. The fraction of sp³-hybridized carbons (Fsp3) is 0.240. The third-order valence-electron chi connectivity index (χ3n) is 6.45. The molecule has 1 atom stereocenters. The molecule has 3 aromatic rings. The number of nitrogens with zero attached hydrogens (tertiary/aromatic N) is 2. The van der Waals surface area contributed by atoms with Crippen LogP contribution in [0.5, 0.6) is 5.75 Å². The highest BCUT2D eigenvalue weighted by Gasteiger charge is 2.40. The van der Waals surface area contributed by atoms with Crippen molar-refractivity contribution in [3.63, 3.8) is 0 Å². The zero-order valence-electron chi connectivity index (χ0n) is 18.5. The highest BCUT2D eigenvalue weighted by molar-refractivity contribution is 7.16. The summed E-state index contributed by atoms with van der Waals surface area (Å²) in [6.45, 7) is 1.21. The molecule has 2 aromatic carbocycles. The van der Waals surface area contributed by atoms with Crippen molar-refractivity contribution in [1.82, 2.24) is 9.80 Å². The summed E-state index contributed by atoms with van der Waals surface area (Å²) in [4.78, 5) is 42.2. The number of fused-ring (bicyclic) bond motifs is 2. The predicted octanol–water partition coefficient (Wildman–Crippen LogP) is 3.26. The summed E-state index contributed by atoms with van der Waals surface area (Å²) in [6.07, 6.45) is 0.383. The molecule has 34 heavy (non-hydrogen) atoms. The third-order valence-corrected chi connectivity index (χ3v) is 7.50. The van der Waals surface area contributed by atoms with Gasteiger partial charge in [0.25, 0.3) is 11.8 Å². The smallest absolute Gasteiger partial charge is 0.338 e. The van der Waals surface area contributed by atoms with Crippen LogP contribution in [-0.2, 0) is 19.5 Å². The molecule has 8 nitrogen and oxygen atoms in total. The molecule has 174 valence electrons. The molecule has 1 aromatic heterocycles. The number of nitrogen functional groups attached to an aromatic ring is 1. The molecular weight excluding hydrogens is 454 g/mol. The van der Waals surface area contributed by atoms with Gasteiger partial charge in [-0.3, -0.25) is 19.4 Å². The second kappa shape index (κ2) is 8.58. The fourth-order valence-corrected chi connectivity index (χ4v) is 5.85. The molecule has 3 heterocycles. The molecule has 2 aliphatic heterocycles. The van der Waals surface area contributed by atoms with Gasteiger partial charge in [-0.25, -0.2) is 4.79 Å². The van der Waals surface area contributed by atoms with E-state index in [2.05, 4.69) is 4.90 Å². The lowest BCUT2D eigenvalue weighted by Crippen LogP contribution is -2.48. The summed E-state index contributed by atoms with van der Waals surface area (Å²) < 4.78 is 5.25. The number of carboxylic acids is 1. The Labute approximate surface area is 200 Å². The quantitative estimate of drug-likeness (QED) is 0.524. The van der Waals surface area contributed by atoms with E-state index in [1.54, 1.807) is 31.4 Å². The minimum Gasteiger partial charge on any atom is -0.497 e. The number of hydrogen-bond donors (Lipinski definition) is 2. The summed E-state index contributed by atoms with van der Waals surface area (Å²) >= 11 is 1.29. The van der Waals surface area contributed by atoms with Crippen molar-refractivity contribution >= 4 is 34.1 Å². The van der Waals surface area contributed by atoms with Crippen LogP contribution in [-0.4, -0.2) is 52.4 Å². The van der Waals surface area contributed by atoms with Gasteiger partial charge in [-0.15, -0.1) is 11.3 Å². The normalized spacial score (nSPS) is 17.6. The second-order valence-corrected chi connectivity index (χ2v) is 9.56. The van der Waals surface area contributed by atoms with E-state index in [9.17, 15) is 19.5 Å². The predicted molar refractivity (Wildman–Crippen MR) is 127 cm³/mol. The lowest BCUT2D eigenvalue weighted by Gasteiger charge is -2.37. The maximum absolute atomic E-state index is 13.0. The van der Waals surface area contributed by atoms with Crippen molar-refractivity contribution in [3.05, 3.63) is 81.2 Å². The number of carboxylic acid groups (broad SMARTS) is 1. The molecule has 1 unspecified atom stereocenters. The maximum atomic E-state index is 13.0. The number of imide groups is 1. The van der Waals surface area contributed by atoms with Gasteiger partial charge in [-0.1, -0.05) is 24.3 Å². The Kier molecular flexibility index (Phi) is 5.59. The first kappa shape index (κ1) is 22.1. The van der Waals surface area contributed by atoms with E-state index >= 15 is 0 Å². The van der Waals surface area contributed by atoms with Gasteiger partial charge in [0.2, 0.25) is 0 Å². The van der Waals surface area contributed by atoms with E-state index < -0.39 is 5.97 Å². The van der Waals surface area contributed by atoms with Gasteiger partial charge < -0.3 is 15.6 Å². The van der Waals surface area contributed by atoms with Crippen molar-refractivity contribution < 1.29 is 24.2 Å². The SMILES string of the molecule is COc1ccc(CN2Cc3sc(N)c(C(=O)O)c3CC2CN2C(=O)c3ccccc3C2=O)cc1. The number of hydrogen-bond acceptors (Lipinski definition) is 7. The van der Waals surface area contributed by atoms with Crippen molar-refractivity contribution in [2.45, 2.75) is 25.6 Å². The van der Waals surface area contributed by atoms with Gasteiger partial charge in [0.1, 0.15) is 10.8 Å². The van der Waals surface area contributed by atoms with Crippen molar-refractivity contribution in [1.29, 1.82) is 0 Å². The van der Waals surface area contributed by atoms with E-state index in [0.717, 1.165) is 16.2 Å². The van der Waals surface area contributed by atoms with Crippen molar-refractivity contribution in [2.24, 2.45) is 0 Å². The van der Waals surface area contributed by atoms with Crippen molar-refractivity contribution in [3.8, 4) is 5.75 Å². The van der Waals surface area contributed by atoms with Gasteiger partial charge in [0.15, 0.2) is 0 Å². The van der Waals surface area contributed by atoms with Gasteiger partial charge in [0.05, 0.1) is 23.8 Å². The molecule has 0 bridgehead atoms. The number of anilines is 1. The third kappa shape index (κ3) is 3.72. The van der Waals surface area contributed by atoms with E-state index in [1.807, 2.05) is 24.3 Å². The number of aromatic carboxylic acids is 1. The van der Waals surface area contributed by atoms with Gasteiger partial charge >= 0.3 is 5.97 Å². The van der Waals surface area contributed by atoms with Gasteiger partial charge in [0, 0.05) is 30.6 Å². The molecule has 0 fully saturated rings. The number of methoxy groups -OCH3 is 1. The number of carbonyl (C=O) groups excluding carboxylic acids is 2. The Hall–Kier alpha value is -3.69. The highest BCUT2D eigenvalue weighted by atomic mass is 32.1. The molecule has 0 radical (unpaired) electrons. The zero-order valence-corrected chi connectivity index (χ0v) is 19.3. The summed E-state index contributed by atoms with van der Waals surface area (Å²) in [5, 5.41) is 10.00. The molecule has 2 amide bonds. The van der Waals surface area contributed by atoms with Crippen molar-refractivity contribution in [2.75, 3.05) is 19.4 Å². The lowest BCUT2D eigenvalue weighted by molar-refractivity contribution is 0.0559. The molecule has 0 spiro atoms. The average Bonchev–Trinajstić information content (AvgIpc) is 3.28. The summed E-state index contributed by atoms with van der Waals surface area (Å²) in [5.41, 5.74) is 8.72. The number of carbonyl (C=O) groups is 3. The molecule has 2 aliphatic rings. The van der Waals surface area contributed by atoms with Crippen LogP contribution in [0, 0.1) is 0 Å². The molecule has 0 aliphatic carbocycles. The van der Waals surface area contributed by atoms with E-state index in [-0.39, 0.29) is 35.0 Å². The van der Waals surface area contributed by atoms with Crippen LogP contribution >= 0.6 is 11.3 Å². The number of ether oxygens (including phenoxy) is 1. The Balaban J connectivity index is 1.47. The van der Waals surface area contributed by atoms with Crippen LogP contribution < -0.4 is 10.5 Å². The number of amides is 2. The second-order valence-electron chi connectivity index (χ2n) is 8.43. The molecule has 9 heteroatoms. The summed E-state index contributed by atoms with van der Waals surface area (Å²) in [5.74, 6) is -0.944. The summed E-state index contributed by atoms with van der Waals surface area (Å²) in [7, 11) is 1.61. The fourth-order valence-electron chi connectivity index (χ4n) is 4.74. The van der Waals surface area contributed by atoms with Crippen LogP contribution in [0.1, 0.15) is 47.1 Å². The number of benzene rings is 2. The number of thiophene rings is 1. The van der Waals surface area contributed by atoms with E-state index in [4.69, 9.17) is 10.5 Å². The Morgan fingerprint density at radius 1 is 1.12 bits per heavy atom. The molecule has 5 rings (SSSR count). The monoisotopic (exact) mass is 477 g/mol. The van der Waals surface area contributed by atoms with Crippen LogP contribution in [0.3, 0.4) is 0 Å². The first-order chi connectivity index (χ1) is 16.4. The Morgan fingerprint density at radius 3 is 2.35 bits per heavy atom. The molecule has 0 saturated carbocycles. The minimum atomic E-state index is -1.06. The minimum absolute atomic E-state index is 0.136.